The Morgan fingerprint density at radius 2 is 1.90 bits per heavy atom. The second kappa shape index (κ2) is 6.34. The van der Waals surface area contributed by atoms with E-state index in [0.29, 0.717) is 5.75 Å². The van der Waals surface area contributed by atoms with Gasteiger partial charge in [-0.25, -0.2) is 13.2 Å². The van der Waals surface area contributed by atoms with Crippen molar-refractivity contribution in [1.82, 2.24) is 0 Å². The number of carboxylic acid groups (broad SMARTS) is 1. The van der Waals surface area contributed by atoms with Crippen LogP contribution in [0.25, 0.3) is 0 Å². The molecule has 118 valence electrons. The van der Waals surface area contributed by atoms with Crippen LogP contribution in [-0.2, 0) is 9.84 Å². The van der Waals surface area contributed by atoms with Gasteiger partial charge in [-0.15, -0.1) is 0 Å². The van der Waals surface area contributed by atoms with Gasteiger partial charge in [0.1, 0.15) is 23.7 Å². The van der Waals surface area contributed by atoms with Crippen LogP contribution in [0.3, 0.4) is 0 Å². The summed E-state index contributed by atoms with van der Waals surface area (Å²) >= 11 is 0. The molecule has 0 aliphatic heterocycles. The van der Waals surface area contributed by atoms with E-state index in [4.69, 9.17) is 14.6 Å². The summed E-state index contributed by atoms with van der Waals surface area (Å²) in [6.45, 7) is 4.71. The number of hydrogen-bond acceptors (Lipinski definition) is 5. The third kappa shape index (κ3) is 4.35. The molecule has 0 amide bonds. The second-order valence-corrected chi connectivity index (χ2v) is 8.31. The molecule has 0 unspecified atom stereocenters. The Labute approximate surface area is 124 Å². The van der Waals surface area contributed by atoms with Gasteiger partial charge in [0.25, 0.3) is 0 Å². The first-order valence-electron chi connectivity index (χ1n) is 6.35. The predicted molar refractivity (Wildman–Crippen MR) is 79.0 cm³/mol. The highest BCUT2D eigenvalue weighted by atomic mass is 32.2. The molecule has 7 heteroatoms. The highest BCUT2D eigenvalue weighted by Gasteiger charge is 2.28. The van der Waals surface area contributed by atoms with Gasteiger partial charge in [0.05, 0.1) is 17.6 Å². The van der Waals surface area contributed by atoms with E-state index in [1.165, 1.54) is 25.3 Å². The smallest absolute Gasteiger partial charge is 0.339 e. The fourth-order valence-electron chi connectivity index (χ4n) is 1.49. The van der Waals surface area contributed by atoms with Crippen molar-refractivity contribution >= 4 is 15.8 Å². The van der Waals surface area contributed by atoms with Gasteiger partial charge in [-0.3, -0.25) is 0 Å². The van der Waals surface area contributed by atoms with E-state index in [9.17, 15) is 13.2 Å². The number of hydrogen-bond donors (Lipinski definition) is 1. The Kier molecular flexibility index (Phi) is 5.22. The lowest BCUT2D eigenvalue weighted by atomic mass is 10.2. The Bertz CT molecular complexity index is 613. The number of rotatable bonds is 6. The lowest BCUT2D eigenvalue weighted by Gasteiger charge is -2.19. The van der Waals surface area contributed by atoms with Crippen LogP contribution >= 0.6 is 0 Å². The van der Waals surface area contributed by atoms with Crippen molar-refractivity contribution in [3.05, 3.63) is 23.8 Å². The SMILES string of the molecule is COc1ccc(C(=O)O)c(OCCS(=O)(=O)C(C)(C)C)c1. The maximum atomic E-state index is 12.0. The van der Waals surface area contributed by atoms with E-state index in [2.05, 4.69) is 0 Å². The summed E-state index contributed by atoms with van der Waals surface area (Å²) in [7, 11) is -1.87. The Balaban J connectivity index is 2.86. The van der Waals surface area contributed by atoms with Crippen LogP contribution in [0, 0.1) is 0 Å². The quantitative estimate of drug-likeness (QED) is 0.863. The maximum Gasteiger partial charge on any atom is 0.339 e. The van der Waals surface area contributed by atoms with Crippen molar-refractivity contribution in [3.8, 4) is 11.5 Å². The van der Waals surface area contributed by atoms with Crippen molar-refractivity contribution in [2.75, 3.05) is 19.5 Å². The molecule has 1 aromatic rings. The Hall–Kier alpha value is -1.76. The van der Waals surface area contributed by atoms with Crippen LogP contribution in [-0.4, -0.2) is 43.7 Å². The predicted octanol–water partition coefficient (Wildman–Crippen LogP) is 1.99. The van der Waals surface area contributed by atoms with Gasteiger partial charge in [0.2, 0.25) is 0 Å². The molecule has 21 heavy (non-hydrogen) atoms. The first-order valence-corrected chi connectivity index (χ1v) is 8.00. The highest BCUT2D eigenvalue weighted by Crippen LogP contribution is 2.25. The molecule has 1 N–H and O–H groups in total. The van der Waals surface area contributed by atoms with E-state index < -0.39 is 20.6 Å². The number of aromatic carboxylic acids is 1. The molecule has 0 saturated carbocycles. The zero-order valence-electron chi connectivity index (χ0n) is 12.5. The third-order valence-electron chi connectivity index (χ3n) is 2.96. The third-order valence-corrected chi connectivity index (χ3v) is 5.53. The van der Waals surface area contributed by atoms with Gasteiger partial charge in [0, 0.05) is 6.07 Å². The molecule has 0 aliphatic rings. The average molecular weight is 316 g/mol. The first-order chi connectivity index (χ1) is 9.58. The maximum absolute atomic E-state index is 12.0. The topological polar surface area (TPSA) is 89.9 Å². The summed E-state index contributed by atoms with van der Waals surface area (Å²) in [4.78, 5) is 11.1. The zero-order chi connectivity index (χ0) is 16.3. The lowest BCUT2D eigenvalue weighted by Crippen LogP contribution is -2.32. The Morgan fingerprint density at radius 1 is 1.29 bits per heavy atom. The summed E-state index contributed by atoms with van der Waals surface area (Å²) in [6.07, 6.45) is 0. The number of carbonyl (C=O) groups is 1. The van der Waals surface area contributed by atoms with E-state index >= 15 is 0 Å². The molecule has 0 aromatic heterocycles. The molecular formula is C14H20O6S. The van der Waals surface area contributed by atoms with E-state index in [1.807, 2.05) is 0 Å². The van der Waals surface area contributed by atoms with Gasteiger partial charge >= 0.3 is 5.97 Å². The summed E-state index contributed by atoms with van der Waals surface area (Å²) in [5.74, 6) is -0.807. The van der Waals surface area contributed by atoms with Gasteiger partial charge in [-0.2, -0.15) is 0 Å². The summed E-state index contributed by atoms with van der Waals surface area (Å²) in [5.41, 5.74) is -0.0380. The molecule has 0 spiro atoms. The summed E-state index contributed by atoms with van der Waals surface area (Å²) < 4.78 is 33.4. The minimum absolute atomic E-state index is 0.0380. The first kappa shape index (κ1) is 17.3. The molecule has 0 radical (unpaired) electrons. The molecule has 0 heterocycles. The lowest BCUT2D eigenvalue weighted by molar-refractivity contribution is 0.0692. The van der Waals surface area contributed by atoms with Gasteiger partial charge in [0.15, 0.2) is 9.84 Å². The molecule has 1 aromatic carbocycles. The molecule has 0 saturated heterocycles. The zero-order valence-corrected chi connectivity index (χ0v) is 13.4. The van der Waals surface area contributed by atoms with Gasteiger partial charge in [-0.1, -0.05) is 0 Å². The minimum atomic E-state index is -3.32. The van der Waals surface area contributed by atoms with Crippen molar-refractivity contribution in [1.29, 1.82) is 0 Å². The average Bonchev–Trinajstić information content (AvgIpc) is 2.36. The summed E-state index contributed by atoms with van der Waals surface area (Å²) in [5, 5.41) is 9.08. The fourth-order valence-corrected chi connectivity index (χ4v) is 2.41. The number of ether oxygens (including phenoxy) is 2. The largest absolute Gasteiger partial charge is 0.497 e. The van der Waals surface area contributed by atoms with E-state index in [0.717, 1.165) is 0 Å². The van der Waals surface area contributed by atoms with Crippen LogP contribution in [0.1, 0.15) is 31.1 Å². The molecular weight excluding hydrogens is 296 g/mol. The molecule has 0 atom stereocenters. The van der Waals surface area contributed by atoms with Crippen LogP contribution in [0.15, 0.2) is 18.2 Å². The number of benzene rings is 1. The van der Waals surface area contributed by atoms with Gasteiger partial charge in [-0.05, 0) is 32.9 Å². The number of methoxy groups -OCH3 is 1. The second-order valence-electron chi connectivity index (χ2n) is 5.45. The summed E-state index contributed by atoms with van der Waals surface area (Å²) in [6, 6.07) is 4.28. The molecule has 0 fully saturated rings. The highest BCUT2D eigenvalue weighted by molar-refractivity contribution is 7.92. The number of carboxylic acids is 1. The molecule has 1 rings (SSSR count). The normalized spacial score (nSPS) is 12.0. The molecule has 0 bridgehead atoms. The van der Waals surface area contributed by atoms with E-state index in [-0.39, 0.29) is 23.7 Å². The fraction of sp³-hybridized carbons (Fsp3) is 0.500. The van der Waals surface area contributed by atoms with Gasteiger partial charge < -0.3 is 14.6 Å². The van der Waals surface area contributed by atoms with Crippen molar-refractivity contribution in [3.63, 3.8) is 0 Å². The van der Waals surface area contributed by atoms with Crippen LogP contribution < -0.4 is 9.47 Å². The standard InChI is InChI=1S/C14H20O6S/c1-14(2,3)21(17,18)8-7-20-12-9-10(19-4)5-6-11(12)13(15)16/h5-6,9H,7-8H2,1-4H3,(H,15,16). The van der Waals surface area contributed by atoms with Crippen LogP contribution in [0.5, 0.6) is 11.5 Å². The van der Waals surface area contributed by atoms with Crippen molar-refractivity contribution in [2.24, 2.45) is 0 Å². The molecule has 6 nitrogen and oxygen atoms in total. The van der Waals surface area contributed by atoms with Crippen LogP contribution in [0.4, 0.5) is 0 Å². The number of sulfone groups is 1. The monoisotopic (exact) mass is 316 g/mol. The molecule has 0 aliphatic carbocycles. The van der Waals surface area contributed by atoms with Crippen molar-refractivity contribution < 1.29 is 27.8 Å². The Morgan fingerprint density at radius 3 is 2.38 bits per heavy atom. The van der Waals surface area contributed by atoms with Crippen molar-refractivity contribution in [2.45, 2.75) is 25.5 Å². The minimum Gasteiger partial charge on any atom is -0.497 e. The van der Waals surface area contributed by atoms with E-state index in [1.54, 1.807) is 20.8 Å². The van der Waals surface area contributed by atoms with Crippen LogP contribution in [0.2, 0.25) is 0 Å².